The normalized spacial score (nSPS) is 20.4. The Balaban J connectivity index is 0.00000341. The molecule has 0 radical (unpaired) electrons. The molecule has 0 spiro atoms. The maximum absolute atomic E-state index is 12.8. The van der Waals surface area contributed by atoms with E-state index in [9.17, 15) is 24.3 Å². The Morgan fingerprint density at radius 2 is 2.16 bits per heavy atom. The van der Waals surface area contributed by atoms with Gasteiger partial charge in [-0.05, 0) is 6.42 Å². The molecule has 14 heteroatoms. The number of hydrogen-bond donors (Lipinski definition) is 4. The van der Waals surface area contributed by atoms with Crippen molar-refractivity contribution in [3.63, 3.8) is 0 Å². The van der Waals surface area contributed by atoms with Crippen LogP contribution in [-0.4, -0.2) is 62.6 Å². The van der Waals surface area contributed by atoms with Crippen molar-refractivity contribution in [2.24, 2.45) is 5.73 Å². The molecule has 0 bridgehead atoms. The highest BCUT2D eigenvalue weighted by Crippen LogP contribution is 2.40. The number of allylic oxidation sites excluding steroid dienone is 1. The zero-order chi connectivity index (χ0) is 22.0. The number of rotatable bonds is 7. The number of anilines is 1. The van der Waals surface area contributed by atoms with E-state index in [1.54, 1.807) is 11.5 Å². The molecule has 0 unspecified atom stereocenters. The Hall–Kier alpha value is -2.77. The summed E-state index contributed by atoms with van der Waals surface area (Å²) in [6.45, 7) is 1.53. The standard InChI is InChI=1S/C17H19N5O6S2.ClH/c1-2-3-8(9-6-30-16(18)20-9)12(23)21-10-13(24)22-11(15(25)26)7(4-28-17(19)27)5-29-14(10)22;/h3,6,10,14H,2,4-5H2,1H3,(H2,18,20)(H2,19,27)(H,21,23)(H,25,26);1H/b8-3-;/t10-,14-;/m1./s1. The number of carbonyl (C=O) groups is 4. The Kier molecular flexibility index (Phi) is 7.92. The lowest BCUT2D eigenvalue weighted by atomic mass is 10.0. The van der Waals surface area contributed by atoms with Gasteiger partial charge in [0.1, 0.15) is 23.7 Å². The van der Waals surface area contributed by atoms with Crippen LogP contribution < -0.4 is 16.8 Å². The number of thioether (sulfide) groups is 1. The van der Waals surface area contributed by atoms with Crippen LogP contribution in [0.4, 0.5) is 9.93 Å². The van der Waals surface area contributed by atoms with E-state index in [0.717, 1.165) is 4.90 Å². The Labute approximate surface area is 191 Å². The molecule has 6 N–H and O–H groups in total. The molecule has 31 heavy (non-hydrogen) atoms. The van der Waals surface area contributed by atoms with Crippen molar-refractivity contribution in [2.75, 3.05) is 18.1 Å². The first-order valence-electron chi connectivity index (χ1n) is 8.79. The van der Waals surface area contributed by atoms with Crippen LogP contribution in [0.15, 0.2) is 22.7 Å². The molecule has 1 saturated heterocycles. The second-order valence-electron chi connectivity index (χ2n) is 6.32. The number of nitrogens with two attached hydrogens (primary N) is 2. The average Bonchev–Trinajstić information content (AvgIpc) is 3.13. The van der Waals surface area contributed by atoms with Crippen molar-refractivity contribution in [2.45, 2.75) is 24.8 Å². The third kappa shape index (κ3) is 4.94. The third-order valence-electron chi connectivity index (χ3n) is 4.38. The molecule has 2 atom stereocenters. The number of aromatic nitrogens is 1. The van der Waals surface area contributed by atoms with Crippen molar-refractivity contribution in [3.8, 4) is 0 Å². The van der Waals surface area contributed by atoms with E-state index < -0.39 is 35.3 Å². The number of carbonyl (C=O) groups excluding carboxylic acids is 3. The number of halogens is 1. The highest BCUT2D eigenvalue weighted by Gasteiger charge is 2.54. The van der Waals surface area contributed by atoms with Crippen LogP contribution in [0.5, 0.6) is 0 Å². The number of β-lactam (4-membered cyclic amide) rings is 1. The van der Waals surface area contributed by atoms with Gasteiger partial charge in [0, 0.05) is 16.7 Å². The van der Waals surface area contributed by atoms with Gasteiger partial charge >= 0.3 is 12.1 Å². The Bertz CT molecular complexity index is 978. The van der Waals surface area contributed by atoms with Gasteiger partial charge in [0.05, 0.1) is 11.3 Å². The zero-order valence-electron chi connectivity index (χ0n) is 16.2. The molecule has 1 fully saturated rings. The predicted octanol–water partition coefficient (Wildman–Crippen LogP) is 0.774. The predicted molar refractivity (Wildman–Crippen MR) is 117 cm³/mol. The van der Waals surface area contributed by atoms with Crippen LogP contribution in [0.2, 0.25) is 0 Å². The first-order chi connectivity index (χ1) is 14.2. The molecule has 168 valence electrons. The van der Waals surface area contributed by atoms with Crippen LogP contribution in [-0.2, 0) is 19.1 Å². The van der Waals surface area contributed by atoms with Crippen molar-refractivity contribution >= 4 is 70.1 Å². The quantitative estimate of drug-likeness (QED) is 0.318. The Morgan fingerprint density at radius 1 is 1.45 bits per heavy atom. The summed E-state index contributed by atoms with van der Waals surface area (Å²) in [5.41, 5.74) is 11.3. The molecule has 1 aromatic heterocycles. The number of hydrogen-bond acceptors (Lipinski definition) is 9. The van der Waals surface area contributed by atoms with Crippen LogP contribution in [0.1, 0.15) is 19.0 Å². The maximum atomic E-state index is 12.8. The van der Waals surface area contributed by atoms with Crippen LogP contribution in [0.25, 0.3) is 5.57 Å². The number of nitrogens with one attached hydrogen (secondary N) is 1. The lowest BCUT2D eigenvalue weighted by Gasteiger charge is -2.49. The summed E-state index contributed by atoms with van der Waals surface area (Å²) in [5, 5.41) is 13.6. The minimum absolute atomic E-state index is 0. The lowest BCUT2D eigenvalue weighted by molar-refractivity contribution is -0.150. The van der Waals surface area contributed by atoms with Crippen LogP contribution in [0, 0.1) is 0 Å². The summed E-state index contributed by atoms with van der Waals surface area (Å²) < 4.78 is 4.68. The van der Waals surface area contributed by atoms with Crippen molar-refractivity contribution in [1.29, 1.82) is 0 Å². The number of thiazole rings is 1. The molecule has 3 amide bonds. The number of nitrogen functional groups attached to an aromatic ring is 1. The summed E-state index contributed by atoms with van der Waals surface area (Å²) in [5.74, 6) is -2.19. The number of nitrogens with zero attached hydrogens (tertiary/aromatic N) is 2. The van der Waals surface area contributed by atoms with Gasteiger partial charge in [-0.1, -0.05) is 13.0 Å². The second-order valence-corrected chi connectivity index (χ2v) is 8.32. The number of primary amides is 1. The first-order valence-corrected chi connectivity index (χ1v) is 10.7. The number of carboxylic acids is 1. The summed E-state index contributed by atoms with van der Waals surface area (Å²) in [4.78, 5) is 53.2. The lowest BCUT2D eigenvalue weighted by Crippen LogP contribution is -2.70. The molecule has 3 heterocycles. The van der Waals surface area contributed by atoms with Gasteiger partial charge in [-0.15, -0.1) is 35.5 Å². The fourth-order valence-electron chi connectivity index (χ4n) is 3.10. The number of fused-ring (bicyclic) bond motifs is 1. The van der Waals surface area contributed by atoms with E-state index >= 15 is 0 Å². The highest BCUT2D eigenvalue weighted by molar-refractivity contribution is 8.00. The molecule has 2 aliphatic rings. The Morgan fingerprint density at radius 3 is 2.71 bits per heavy atom. The zero-order valence-corrected chi connectivity index (χ0v) is 18.6. The van der Waals surface area contributed by atoms with Gasteiger partial charge in [0.15, 0.2) is 5.13 Å². The summed E-state index contributed by atoms with van der Waals surface area (Å²) >= 11 is 2.45. The number of ether oxygens (including phenoxy) is 1. The van der Waals surface area contributed by atoms with Gasteiger partial charge in [0.2, 0.25) is 0 Å². The molecule has 3 rings (SSSR count). The molecule has 0 saturated carbocycles. The molecular weight excluding hydrogens is 470 g/mol. The van der Waals surface area contributed by atoms with Crippen molar-refractivity contribution in [1.82, 2.24) is 15.2 Å². The van der Waals surface area contributed by atoms with Gasteiger partial charge in [-0.2, -0.15) is 0 Å². The van der Waals surface area contributed by atoms with Crippen molar-refractivity contribution in [3.05, 3.63) is 28.4 Å². The number of carboxylic acid groups (broad SMARTS) is 1. The second kappa shape index (κ2) is 10.0. The summed E-state index contributed by atoms with van der Waals surface area (Å²) in [6.07, 6.45) is 1.20. The number of aliphatic carboxylic acids is 1. The maximum Gasteiger partial charge on any atom is 0.404 e. The van der Waals surface area contributed by atoms with Gasteiger partial charge in [-0.3, -0.25) is 14.5 Å². The van der Waals surface area contributed by atoms with E-state index in [-0.39, 0.29) is 36.0 Å². The van der Waals surface area contributed by atoms with E-state index in [1.807, 2.05) is 6.92 Å². The molecule has 0 aliphatic carbocycles. The molecule has 1 aromatic rings. The number of amides is 3. The van der Waals surface area contributed by atoms with Gasteiger partial charge in [-0.25, -0.2) is 14.6 Å². The van der Waals surface area contributed by atoms with Gasteiger partial charge < -0.3 is 26.6 Å². The fourth-order valence-corrected chi connectivity index (χ4v) is 4.99. The molecule has 0 aromatic carbocycles. The summed E-state index contributed by atoms with van der Waals surface area (Å²) in [7, 11) is 0. The van der Waals surface area contributed by atoms with Crippen LogP contribution >= 0.6 is 35.5 Å². The van der Waals surface area contributed by atoms with E-state index in [4.69, 9.17) is 11.5 Å². The average molecular weight is 490 g/mol. The minimum Gasteiger partial charge on any atom is -0.477 e. The summed E-state index contributed by atoms with van der Waals surface area (Å²) in [6, 6.07) is -0.897. The minimum atomic E-state index is -1.33. The molecule has 11 nitrogen and oxygen atoms in total. The van der Waals surface area contributed by atoms with E-state index in [2.05, 4.69) is 15.0 Å². The first kappa shape index (κ1) is 24.5. The fraction of sp³-hybridized carbons (Fsp3) is 0.353. The van der Waals surface area contributed by atoms with Crippen LogP contribution in [0.3, 0.4) is 0 Å². The smallest absolute Gasteiger partial charge is 0.404 e. The molecular formula is C17H20ClN5O6S2. The van der Waals surface area contributed by atoms with Gasteiger partial charge in [0.25, 0.3) is 11.8 Å². The largest absolute Gasteiger partial charge is 0.477 e. The molecule has 2 aliphatic heterocycles. The van der Waals surface area contributed by atoms with Crippen molar-refractivity contribution < 1.29 is 29.0 Å². The monoisotopic (exact) mass is 489 g/mol. The highest BCUT2D eigenvalue weighted by atomic mass is 35.5. The van der Waals surface area contributed by atoms with E-state index in [0.29, 0.717) is 22.8 Å². The third-order valence-corrected chi connectivity index (χ3v) is 6.39. The topological polar surface area (TPSA) is 178 Å². The van der Waals surface area contributed by atoms with E-state index in [1.165, 1.54) is 23.1 Å². The SMILES string of the molecule is CC/C=C(\C(=O)N[C@@H]1C(=O)N2C(C(=O)O)=C(COC(N)=O)CS[C@H]12)c1csc(N)n1.Cl.